The van der Waals surface area contributed by atoms with Crippen LogP contribution in [0.25, 0.3) is 0 Å². The molecule has 0 bridgehead atoms. The first-order valence-electron chi connectivity index (χ1n) is 11.8. The van der Waals surface area contributed by atoms with Crippen LogP contribution in [-0.4, -0.2) is 42.3 Å². The average molecular weight is 417 g/mol. The number of carboxylic acids is 1. The molecule has 1 unspecified atom stereocenters. The molecule has 0 rings (SSSR count). The van der Waals surface area contributed by atoms with Crippen LogP contribution in [0.15, 0.2) is 12.2 Å². The van der Waals surface area contributed by atoms with Gasteiger partial charge in [-0.15, -0.1) is 0 Å². The van der Waals surface area contributed by atoms with Gasteiger partial charge in [0.2, 0.25) is 0 Å². The van der Waals surface area contributed by atoms with Crippen molar-refractivity contribution in [2.24, 2.45) is 0 Å². The maximum atomic E-state index is 10.3. The molecule has 0 aliphatic carbocycles. The van der Waals surface area contributed by atoms with Crippen molar-refractivity contribution in [3.63, 3.8) is 0 Å². The standard InChI is InChI=1S/C18H34O2.C6H14O3/c1-2-3-4-5-6-7-8-9-10-11-12-13-14-15-16-17-18(19)20;1-3-8-4-5-9-6(2)7/h9-10H,2-8,11-17H2,1H3,(H,19,20);6-7H,3-5H2,1-2H3/b10-9-;. The van der Waals surface area contributed by atoms with Crippen molar-refractivity contribution in [2.75, 3.05) is 19.8 Å². The van der Waals surface area contributed by atoms with Crippen LogP contribution in [0, 0.1) is 0 Å². The van der Waals surface area contributed by atoms with E-state index in [-0.39, 0.29) is 0 Å². The SMILES string of the molecule is CCCCCCCC/C=C\CCCCCCCC(=O)O.CCOCCOC(C)O. The van der Waals surface area contributed by atoms with Crippen molar-refractivity contribution in [1.29, 1.82) is 0 Å². The molecule has 0 aliphatic rings. The third-order valence-electron chi connectivity index (χ3n) is 4.44. The normalized spacial score (nSPS) is 12.0. The molecule has 0 saturated heterocycles. The van der Waals surface area contributed by atoms with Gasteiger partial charge < -0.3 is 19.7 Å². The summed E-state index contributed by atoms with van der Waals surface area (Å²) in [6.45, 7) is 7.47. The van der Waals surface area contributed by atoms with Crippen molar-refractivity contribution >= 4 is 5.97 Å². The Kier molecular flexibility index (Phi) is 28.3. The Morgan fingerprint density at radius 2 is 1.34 bits per heavy atom. The lowest BCUT2D eigenvalue weighted by molar-refractivity contribution is -0.137. The molecule has 0 saturated carbocycles. The lowest BCUT2D eigenvalue weighted by Gasteiger charge is -2.05. The highest BCUT2D eigenvalue weighted by atomic mass is 16.6. The van der Waals surface area contributed by atoms with Gasteiger partial charge in [-0.3, -0.25) is 4.79 Å². The van der Waals surface area contributed by atoms with Gasteiger partial charge >= 0.3 is 5.97 Å². The lowest BCUT2D eigenvalue weighted by Crippen LogP contribution is -2.11. The number of allylic oxidation sites excluding steroid dienone is 2. The maximum Gasteiger partial charge on any atom is 0.303 e. The summed E-state index contributed by atoms with van der Waals surface area (Å²) in [6.07, 6.45) is 20.6. The van der Waals surface area contributed by atoms with Crippen LogP contribution in [0.1, 0.15) is 111 Å². The predicted octanol–water partition coefficient (Wildman–Crippen LogP) is 6.49. The molecule has 5 heteroatoms. The second-order valence-electron chi connectivity index (χ2n) is 7.40. The van der Waals surface area contributed by atoms with E-state index < -0.39 is 12.3 Å². The first kappa shape index (κ1) is 30.3. The lowest BCUT2D eigenvalue weighted by atomic mass is 10.1. The highest BCUT2D eigenvalue weighted by Gasteiger charge is 1.96. The number of aliphatic hydroxyl groups excluding tert-OH is 1. The van der Waals surface area contributed by atoms with Crippen LogP contribution in [-0.2, 0) is 14.3 Å². The zero-order valence-corrected chi connectivity index (χ0v) is 19.4. The van der Waals surface area contributed by atoms with Crippen LogP contribution < -0.4 is 0 Å². The minimum Gasteiger partial charge on any atom is -0.481 e. The number of unbranched alkanes of at least 4 members (excludes halogenated alkanes) is 11. The van der Waals surface area contributed by atoms with Gasteiger partial charge in [-0.05, 0) is 46.0 Å². The largest absolute Gasteiger partial charge is 0.481 e. The van der Waals surface area contributed by atoms with E-state index in [1.54, 1.807) is 6.92 Å². The summed E-state index contributed by atoms with van der Waals surface area (Å²) in [5, 5.41) is 17.1. The molecule has 29 heavy (non-hydrogen) atoms. The summed E-state index contributed by atoms with van der Waals surface area (Å²) in [5.74, 6) is -0.664. The number of carbonyl (C=O) groups is 1. The fourth-order valence-corrected chi connectivity index (χ4v) is 2.77. The summed E-state index contributed by atoms with van der Waals surface area (Å²) < 4.78 is 9.72. The smallest absolute Gasteiger partial charge is 0.303 e. The fourth-order valence-electron chi connectivity index (χ4n) is 2.77. The molecule has 174 valence electrons. The number of aliphatic carboxylic acids is 1. The Bertz CT molecular complexity index is 342. The molecule has 0 amide bonds. The van der Waals surface area contributed by atoms with Gasteiger partial charge in [0.15, 0.2) is 6.29 Å². The van der Waals surface area contributed by atoms with Crippen molar-refractivity contribution < 1.29 is 24.5 Å². The number of ether oxygens (including phenoxy) is 2. The average Bonchev–Trinajstić information content (AvgIpc) is 2.68. The molecule has 0 spiro atoms. The van der Waals surface area contributed by atoms with E-state index in [1.807, 2.05) is 6.92 Å². The Hall–Kier alpha value is -0.910. The molecule has 0 aromatic heterocycles. The van der Waals surface area contributed by atoms with Gasteiger partial charge in [-0.1, -0.05) is 70.4 Å². The summed E-state index contributed by atoms with van der Waals surface area (Å²) in [5.41, 5.74) is 0. The van der Waals surface area contributed by atoms with Gasteiger partial charge in [0.1, 0.15) is 0 Å². The van der Waals surface area contributed by atoms with E-state index in [2.05, 4.69) is 19.1 Å². The summed E-state index contributed by atoms with van der Waals surface area (Å²) in [7, 11) is 0. The molecule has 2 N–H and O–H groups in total. The van der Waals surface area contributed by atoms with Gasteiger partial charge in [0.25, 0.3) is 0 Å². The number of rotatable bonds is 20. The van der Waals surface area contributed by atoms with E-state index >= 15 is 0 Å². The van der Waals surface area contributed by atoms with Crippen LogP contribution in [0.5, 0.6) is 0 Å². The zero-order chi connectivity index (χ0) is 22.0. The molecule has 0 aliphatic heterocycles. The van der Waals surface area contributed by atoms with Crippen molar-refractivity contribution in [2.45, 2.75) is 117 Å². The second-order valence-corrected chi connectivity index (χ2v) is 7.40. The highest BCUT2D eigenvalue weighted by molar-refractivity contribution is 5.66. The third kappa shape index (κ3) is 34.9. The van der Waals surface area contributed by atoms with E-state index in [0.29, 0.717) is 26.2 Å². The van der Waals surface area contributed by atoms with Crippen LogP contribution in [0.4, 0.5) is 0 Å². The molecule has 0 aromatic rings. The topological polar surface area (TPSA) is 76.0 Å². The van der Waals surface area contributed by atoms with Crippen molar-refractivity contribution in [3.8, 4) is 0 Å². The van der Waals surface area contributed by atoms with Gasteiger partial charge in [-0.25, -0.2) is 0 Å². The Labute approximate surface area is 179 Å². The Morgan fingerprint density at radius 3 is 1.83 bits per heavy atom. The molecule has 1 atom stereocenters. The summed E-state index contributed by atoms with van der Waals surface area (Å²) in [6, 6.07) is 0. The fraction of sp³-hybridized carbons (Fsp3) is 0.875. The highest BCUT2D eigenvalue weighted by Crippen LogP contribution is 2.09. The molecule has 0 heterocycles. The van der Waals surface area contributed by atoms with Crippen LogP contribution in [0.2, 0.25) is 0 Å². The molecule has 0 radical (unpaired) electrons. The van der Waals surface area contributed by atoms with Gasteiger partial charge in [0, 0.05) is 13.0 Å². The van der Waals surface area contributed by atoms with Crippen molar-refractivity contribution in [3.05, 3.63) is 12.2 Å². The first-order valence-corrected chi connectivity index (χ1v) is 11.8. The second kappa shape index (κ2) is 27.1. The Balaban J connectivity index is 0. The molecular formula is C24H48O5. The zero-order valence-electron chi connectivity index (χ0n) is 19.4. The van der Waals surface area contributed by atoms with Crippen LogP contribution >= 0.6 is 0 Å². The maximum absolute atomic E-state index is 10.3. The number of hydrogen-bond donors (Lipinski definition) is 2. The summed E-state index contributed by atoms with van der Waals surface area (Å²) in [4.78, 5) is 10.3. The Morgan fingerprint density at radius 1 is 0.828 bits per heavy atom. The quantitative estimate of drug-likeness (QED) is 0.135. The first-order chi connectivity index (χ1) is 14.0. The minimum absolute atomic E-state index is 0.332. The van der Waals surface area contributed by atoms with Crippen molar-refractivity contribution in [1.82, 2.24) is 0 Å². The van der Waals surface area contributed by atoms with Gasteiger partial charge in [-0.2, -0.15) is 0 Å². The monoisotopic (exact) mass is 416 g/mol. The number of hydrogen-bond acceptors (Lipinski definition) is 4. The predicted molar refractivity (Wildman–Crippen MR) is 121 cm³/mol. The molecule has 0 fully saturated rings. The van der Waals surface area contributed by atoms with E-state index in [9.17, 15) is 4.79 Å². The number of aliphatic hydroxyl groups is 1. The molecule has 5 nitrogen and oxygen atoms in total. The van der Waals surface area contributed by atoms with E-state index in [4.69, 9.17) is 19.7 Å². The van der Waals surface area contributed by atoms with Crippen LogP contribution in [0.3, 0.4) is 0 Å². The third-order valence-corrected chi connectivity index (χ3v) is 4.44. The molecule has 0 aromatic carbocycles. The van der Waals surface area contributed by atoms with E-state index in [1.165, 1.54) is 70.6 Å². The van der Waals surface area contributed by atoms with Gasteiger partial charge in [0.05, 0.1) is 13.2 Å². The summed E-state index contributed by atoms with van der Waals surface area (Å²) >= 11 is 0. The van der Waals surface area contributed by atoms with E-state index in [0.717, 1.165) is 12.8 Å². The minimum atomic E-state index is -0.676. The molecular weight excluding hydrogens is 368 g/mol. The number of carboxylic acid groups (broad SMARTS) is 1.